The largest absolute Gasteiger partial charge is 0.362 e. The predicted octanol–water partition coefficient (Wildman–Crippen LogP) is 2.94. The third-order valence-electron chi connectivity index (χ3n) is 5.80. The second-order valence-electron chi connectivity index (χ2n) is 7.86. The summed E-state index contributed by atoms with van der Waals surface area (Å²) in [5, 5.41) is 4.50. The Balaban J connectivity index is 1.36. The van der Waals surface area contributed by atoms with Crippen LogP contribution < -0.4 is 10.5 Å². The fourth-order valence-electron chi connectivity index (χ4n) is 4.23. The van der Waals surface area contributed by atoms with E-state index in [1.807, 2.05) is 9.47 Å². The summed E-state index contributed by atoms with van der Waals surface area (Å²) in [6.45, 7) is 2.33. The standard InChI is InChI=1S/C21H22ClFN6O2/c22-20-18(10-26-29(21(20)30)19-3-1-2-6-31-19)27-5-4-17-16(12-27)25-13-28(17)11-14-7-15(23)9-24-8-14/h7-10,13,19H,1-6,11-12H2. The molecule has 0 spiro atoms. The van der Waals surface area contributed by atoms with Gasteiger partial charge in [-0.1, -0.05) is 11.6 Å². The van der Waals surface area contributed by atoms with Crippen molar-refractivity contribution in [3.05, 3.63) is 69.1 Å². The third kappa shape index (κ3) is 3.95. The minimum atomic E-state index is -0.354. The zero-order valence-electron chi connectivity index (χ0n) is 16.9. The summed E-state index contributed by atoms with van der Waals surface area (Å²) >= 11 is 6.47. The molecular formula is C21H22ClFN6O2. The van der Waals surface area contributed by atoms with Crippen LogP contribution in [0.25, 0.3) is 0 Å². The lowest BCUT2D eigenvalue weighted by atomic mass is 10.1. The number of ether oxygens (including phenoxy) is 1. The summed E-state index contributed by atoms with van der Waals surface area (Å²) < 4.78 is 22.5. The van der Waals surface area contributed by atoms with E-state index in [-0.39, 0.29) is 22.6 Å². The first-order chi connectivity index (χ1) is 15.1. The number of anilines is 1. The number of aromatic nitrogens is 5. The Hall–Kier alpha value is -2.78. The van der Waals surface area contributed by atoms with Crippen LogP contribution in [0, 0.1) is 5.82 Å². The van der Waals surface area contributed by atoms with Crippen molar-refractivity contribution in [1.29, 1.82) is 0 Å². The third-order valence-corrected chi connectivity index (χ3v) is 6.16. The zero-order chi connectivity index (χ0) is 21.4. The average Bonchev–Trinajstić information content (AvgIpc) is 3.18. The minimum Gasteiger partial charge on any atom is -0.362 e. The second kappa shape index (κ2) is 8.39. The molecule has 1 saturated heterocycles. The smallest absolute Gasteiger partial charge is 0.290 e. The van der Waals surface area contributed by atoms with Crippen LogP contribution in [0.3, 0.4) is 0 Å². The van der Waals surface area contributed by atoms with Gasteiger partial charge in [-0.15, -0.1) is 0 Å². The maximum Gasteiger partial charge on any atom is 0.290 e. The van der Waals surface area contributed by atoms with Crippen molar-refractivity contribution < 1.29 is 9.13 Å². The van der Waals surface area contributed by atoms with Gasteiger partial charge in [0, 0.05) is 31.5 Å². The van der Waals surface area contributed by atoms with E-state index in [0.29, 0.717) is 31.9 Å². The maximum atomic E-state index is 13.4. The molecule has 0 bridgehead atoms. The van der Waals surface area contributed by atoms with E-state index < -0.39 is 0 Å². The highest BCUT2D eigenvalue weighted by Crippen LogP contribution is 2.29. The van der Waals surface area contributed by atoms with Gasteiger partial charge in [0.05, 0.1) is 43.2 Å². The first-order valence-electron chi connectivity index (χ1n) is 10.4. The molecule has 1 atom stereocenters. The number of hydrogen-bond acceptors (Lipinski definition) is 6. The van der Waals surface area contributed by atoms with E-state index in [9.17, 15) is 9.18 Å². The summed E-state index contributed by atoms with van der Waals surface area (Å²) in [5.74, 6) is -0.354. The SMILES string of the molecule is O=c1c(Cl)c(N2CCc3c(ncn3Cc3cncc(F)c3)C2)cnn1C1CCCCO1. The molecule has 3 aromatic rings. The van der Waals surface area contributed by atoms with Crippen molar-refractivity contribution in [2.45, 2.75) is 45.0 Å². The molecule has 0 aromatic carbocycles. The van der Waals surface area contributed by atoms with E-state index in [4.69, 9.17) is 16.3 Å². The first-order valence-corrected chi connectivity index (χ1v) is 10.7. The molecule has 8 nitrogen and oxygen atoms in total. The van der Waals surface area contributed by atoms with Crippen molar-refractivity contribution >= 4 is 17.3 Å². The number of fused-ring (bicyclic) bond motifs is 1. The number of hydrogen-bond donors (Lipinski definition) is 0. The maximum absolute atomic E-state index is 13.4. The van der Waals surface area contributed by atoms with E-state index in [2.05, 4.69) is 15.1 Å². The molecule has 0 N–H and O–H groups in total. The number of nitrogens with zero attached hydrogens (tertiary/aromatic N) is 6. The van der Waals surface area contributed by atoms with Crippen molar-refractivity contribution in [3.8, 4) is 0 Å². The van der Waals surface area contributed by atoms with Crippen LogP contribution in [-0.2, 0) is 24.2 Å². The summed E-state index contributed by atoms with van der Waals surface area (Å²) in [6.07, 6.45) is 9.37. The quantitative estimate of drug-likeness (QED) is 0.615. The van der Waals surface area contributed by atoms with E-state index >= 15 is 0 Å². The Morgan fingerprint density at radius 3 is 2.97 bits per heavy atom. The highest BCUT2D eigenvalue weighted by atomic mass is 35.5. The Kier molecular flexibility index (Phi) is 5.45. The van der Waals surface area contributed by atoms with Gasteiger partial charge in [-0.2, -0.15) is 9.78 Å². The molecule has 10 heteroatoms. The van der Waals surface area contributed by atoms with Gasteiger partial charge >= 0.3 is 0 Å². The van der Waals surface area contributed by atoms with Crippen molar-refractivity contribution in [2.24, 2.45) is 0 Å². The van der Waals surface area contributed by atoms with Crippen LogP contribution in [0.15, 0.2) is 35.8 Å². The molecule has 31 heavy (non-hydrogen) atoms. The number of imidazole rings is 1. The zero-order valence-corrected chi connectivity index (χ0v) is 17.6. The van der Waals surface area contributed by atoms with Gasteiger partial charge in [0.1, 0.15) is 10.8 Å². The Bertz CT molecular complexity index is 1160. The lowest BCUT2D eigenvalue weighted by molar-refractivity contribution is -0.0424. The average molecular weight is 445 g/mol. The molecule has 5 rings (SSSR count). The molecule has 0 aliphatic carbocycles. The van der Waals surface area contributed by atoms with Gasteiger partial charge in [-0.25, -0.2) is 9.37 Å². The van der Waals surface area contributed by atoms with E-state index in [1.54, 1.807) is 18.7 Å². The number of halogens is 2. The second-order valence-corrected chi connectivity index (χ2v) is 8.24. The van der Waals surface area contributed by atoms with Crippen LogP contribution in [0.5, 0.6) is 0 Å². The van der Waals surface area contributed by atoms with E-state index in [0.717, 1.165) is 42.6 Å². The molecule has 1 unspecified atom stereocenters. The van der Waals surface area contributed by atoms with Gasteiger partial charge in [0.25, 0.3) is 5.56 Å². The van der Waals surface area contributed by atoms with Crippen LogP contribution in [0.2, 0.25) is 5.02 Å². The molecular weight excluding hydrogens is 423 g/mol. The molecule has 0 amide bonds. The topological polar surface area (TPSA) is 78.1 Å². The van der Waals surface area contributed by atoms with Crippen molar-refractivity contribution in [3.63, 3.8) is 0 Å². The summed E-state index contributed by atoms with van der Waals surface area (Å²) in [4.78, 5) is 23.3. The Labute approximate surface area is 183 Å². The van der Waals surface area contributed by atoms with Crippen LogP contribution >= 0.6 is 11.6 Å². The van der Waals surface area contributed by atoms with Crippen molar-refractivity contribution in [2.75, 3.05) is 18.1 Å². The molecule has 2 aliphatic heterocycles. The molecule has 2 aliphatic rings. The highest BCUT2D eigenvalue weighted by Gasteiger charge is 2.26. The molecule has 162 valence electrons. The van der Waals surface area contributed by atoms with Crippen LogP contribution in [0.4, 0.5) is 10.1 Å². The molecule has 5 heterocycles. The van der Waals surface area contributed by atoms with Gasteiger partial charge in [-0.05, 0) is 30.9 Å². The first kappa shape index (κ1) is 20.1. The monoisotopic (exact) mass is 444 g/mol. The minimum absolute atomic E-state index is 0.151. The molecule has 1 fully saturated rings. The van der Waals surface area contributed by atoms with Crippen molar-refractivity contribution in [1.82, 2.24) is 24.3 Å². The molecule has 0 saturated carbocycles. The van der Waals surface area contributed by atoms with Gasteiger partial charge in [-0.3, -0.25) is 9.78 Å². The lowest BCUT2D eigenvalue weighted by Crippen LogP contribution is -2.36. The normalized spacial score (nSPS) is 18.8. The fourth-order valence-corrected chi connectivity index (χ4v) is 4.48. The van der Waals surface area contributed by atoms with Gasteiger partial charge in [0.2, 0.25) is 0 Å². The highest BCUT2D eigenvalue weighted by molar-refractivity contribution is 6.33. The van der Waals surface area contributed by atoms with Crippen LogP contribution in [-0.4, -0.2) is 37.5 Å². The predicted molar refractivity (Wildman–Crippen MR) is 113 cm³/mol. The number of rotatable bonds is 4. The fraction of sp³-hybridized carbons (Fsp3) is 0.429. The summed E-state index contributed by atoms with van der Waals surface area (Å²) in [6, 6.07) is 1.48. The Morgan fingerprint density at radius 1 is 1.26 bits per heavy atom. The number of pyridine rings is 1. The summed E-state index contributed by atoms with van der Waals surface area (Å²) in [5.41, 5.74) is 3.05. The molecule has 0 radical (unpaired) electrons. The van der Waals surface area contributed by atoms with Gasteiger partial charge in [0.15, 0.2) is 6.23 Å². The summed E-state index contributed by atoms with van der Waals surface area (Å²) in [7, 11) is 0. The Morgan fingerprint density at radius 2 is 2.16 bits per heavy atom. The van der Waals surface area contributed by atoms with Gasteiger partial charge < -0.3 is 14.2 Å². The van der Waals surface area contributed by atoms with E-state index in [1.165, 1.54) is 16.9 Å². The van der Waals surface area contributed by atoms with Crippen LogP contribution in [0.1, 0.15) is 42.4 Å². The molecule has 3 aromatic heterocycles. The lowest BCUT2D eigenvalue weighted by Gasteiger charge is -2.30.